The minimum Gasteiger partial charge on any atom is -0.480 e. The molecule has 0 unspecified atom stereocenters. The van der Waals surface area contributed by atoms with Gasteiger partial charge in [-0.2, -0.15) is 0 Å². The molecule has 2 aromatic carbocycles. The van der Waals surface area contributed by atoms with Crippen LogP contribution in [0.2, 0.25) is 0 Å². The molecule has 0 fully saturated rings. The quantitative estimate of drug-likeness (QED) is 0.614. The van der Waals surface area contributed by atoms with Crippen LogP contribution in [-0.4, -0.2) is 29.0 Å². The van der Waals surface area contributed by atoms with Crippen LogP contribution in [-0.2, 0) is 16.0 Å². The van der Waals surface area contributed by atoms with Gasteiger partial charge in [-0.15, -0.1) is 0 Å². The topological polar surface area (TPSA) is 92.7 Å². The van der Waals surface area contributed by atoms with Gasteiger partial charge >= 0.3 is 11.9 Å². The number of carboxylic acids is 1. The Morgan fingerprint density at radius 2 is 1.81 bits per heavy atom. The number of ether oxygens (including phenoxy) is 1. The molecule has 6 nitrogen and oxygen atoms in total. The highest BCUT2D eigenvalue weighted by Gasteiger charge is 2.21. The zero-order chi connectivity index (χ0) is 19.3. The van der Waals surface area contributed by atoms with Gasteiger partial charge in [0.15, 0.2) is 0 Å². The number of carboxylic acid groups (broad SMARTS) is 1. The Balaban J connectivity index is 2.14. The highest BCUT2D eigenvalue weighted by molar-refractivity contribution is 5.97. The molecule has 26 heavy (non-hydrogen) atoms. The standard InChI is InChI=1S/C20H21NO5/c1-12-7-8-15(9-13(12)2)10-18(20(24)25)21-19(23)16-5-4-6-17(11-16)26-14(3)22/h4-9,11,18H,10H2,1-3H3,(H,21,23)(H,24,25)/t18-/m0/s1. The molecule has 0 saturated heterocycles. The van der Waals surface area contributed by atoms with Gasteiger partial charge in [0.25, 0.3) is 5.91 Å². The minimum absolute atomic E-state index is 0.172. The SMILES string of the molecule is CC(=O)Oc1cccc(C(=O)N[C@@H](Cc2ccc(C)c(C)c2)C(=O)O)c1. The molecule has 0 aliphatic rings. The van der Waals surface area contributed by atoms with Gasteiger partial charge in [-0.05, 0) is 48.7 Å². The summed E-state index contributed by atoms with van der Waals surface area (Å²) >= 11 is 0. The summed E-state index contributed by atoms with van der Waals surface area (Å²) in [5.74, 6) is -1.94. The van der Waals surface area contributed by atoms with Gasteiger partial charge in [-0.3, -0.25) is 9.59 Å². The lowest BCUT2D eigenvalue weighted by molar-refractivity contribution is -0.139. The third-order valence-electron chi connectivity index (χ3n) is 3.97. The van der Waals surface area contributed by atoms with Gasteiger partial charge in [0, 0.05) is 18.9 Å². The predicted molar refractivity (Wildman–Crippen MR) is 96.3 cm³/mol. The molecular formula is C20H21NO5. The normalized spacial score (nSPS) is 11.5. The fraction of sp³-hybridized carbons (Fsp3) is 0.250. The van der Waals surface area contributed by atoms with Gasteiger partial charge in [0.05, 0.1) is 0 Å². The van der Waals surface area contributed by atoms with E-state index in [0.29, 0.717) is 0 Å². The van der Waals surface area contributed by atoms with Crippen molar-refractivity contribution in [3.05, 3.63) is 64.7 Å². The second kappa shape index (κ2) is 8.29. The molecule has 1 atom stereocenters. The molecular weight excluding hydrogens is 334 g/mol. The largest absolute Gasteiger partial charge is 0.480 e. The molecule has 0 saturated carbocycles. The maximum atomic E-state index is 12.4. The van der Waals surface area contributed by atoms with Gasteiger partial charge in [-0.1, -0.05) is 24.3 Å². The van der Waals surface area contributed by atoms with Gasteiger partial charge in [0.1, 0.15) is 11.8 Å². The van der Waals surface area contributed by atoms with Crippen LogP contribution in [0, 0.1) is 13.8 Å². The highest BCUT2D eigenvalue weighted by Crippen LogP contribution is 2.15. The van der Waals surface area contributed by atoms with Crippen LogP contribution >= 0.6 is 0 Å². The molecule has 0 heterocycles. The summed E-state index contributed by atoms with van der Waals surface area (Å²) in [4.78, 5) is 35.0. The van der Waals surface area contributed by atoms with Crippen LogP contribution in [0.4, 0.5) is 0 Å². The van der Waals surface area contributed by atoms with E-state index in [4.69, 9.17) is 4.74 Å². The third kappa shape index (κ3) is 5.17. The monoisotopic (exact) mass is 355 g/mol. The minimum atomic E-state index is -1.12. The number of hydrogen-bond donors (Lipinski definition) is 2. The number of nitrogens with one attached hydrogen (secondary N) is 1. The number of hydrogen-bond acceptors (Lipinski definition) is 4. The predicted octanol–water partition coefficient (Wildman–Crippen LogP) is 2.65. The molecule has 0 bridgehead atoms. The Kier molecular flexibility index (Phi) is 6.11. The summed E-state index contributed by atoms with van der Waals surface area (Å²) in [6.07, 6.45) is 0.172. The first-order valence-corrected chi connectivity index (χ1v) is 8.14. The lowest BCUT2D eigenvalue weighted by Gasteiger charge is -2.16. The van der Waals surface area contributed by atoms with E-state index in [1.165, 1.54) is 19.1 Å². The Bertz CT molecular complexity index is 844. The number of benzene rings is 2. The van der Waals surface area contributed by atoms with Crippen molar-refractivity contribution in [3.8, 4) is 5.75 Å². The summed E-state index contributed by atoms with van der Waals surface area (Å²) in [5.41, 5.74) is 3.23. The number of amides is 1. The van der Waals surface area contributed by atoms with E-state index in [2.05, 4.69) is 5.32 Å². The van der Waals surface area contributed by atoms with Crippen LogP contribution in [0.1, 0.15) is 34.0 Å². The molecule has 6 heteroatoms. The number of aliphatic carboxylic acids is 1. The molecule has 136 valence electrons. The Morgan fingerprint density at radius 3 is 2.42 bits per heavy atom. The van der Waals surface area contributed by atoms with E-state index in [0.717, 1.165) is 16.7 Å². The van der Waals surface area contributed by atoms with Gasteiger partial charge in [-0.25, -0.2) is 4.79 Å². The Labute approximate surface area is 151 Å². The summed E-state index contributed by atoms with van der Waals surface area (Å²) in [6, 6.07) is 10.7. The van der Waals surface area contributed by atoms with E-state index in [9.17, 15) is 19.5 Å². The summed E-state index contributed by atoms with van der Waals surface area (Å²) < 4.78 is 4.94. The lowest BCUT2D eigenvalue weighted by Crippen LogP contribution is -2.42. The van der Waals surface area contributed by atoms with Crippen molar-refractivity contribution in [2.24, 2.45) is 0 Å². The van der Waals surface area contributed by atoms with Crippen molar-refractivity contribution in [2.75, 3.05) is 0 Å². The van der Waals surface area contributed by atoms with E-state index in [1.54, 1.807) is 12.1 Å². The molecule has 2 rings (SSSR count). The number of rotatable bonds is 6. The highest BCUT2D eigenvalue weighted by atomic mass is 16.5. The maximum Gasteiger partial charge on any atom is 0.326 e. The molecule has 0 aliphatic carbocycles. The van der Waals surface area contributed by atoms with Gasteiger partial charge in [0.2, 0.25) is 0 Å². The number of carbonyl (C=O) groups is 3. The van der Waals surface area contributed by atoms with Crippen LogP contribution in [0.3, 0.4) is 0 Å². The van der Waals surface area contributed by atoms with Gasteiger partial charge < -0.3 is 15.2 Å². The Morgan fingerprint density at radius 1 is 1.08 bits per heavy atom. The van der Waals surface area contributed by atoms with Crippen molar-refractivity contribution in [1.29, 1.82) is 0 Å². The molecule has 2 N–H and O–H groups in total. The number of carbonyl (C=O) groups excluding carboxylic acids is 2. The molecule has 0 spiro atoms. The first-order valence-electron chi connectivity index (χ1n) is 8.14. The zero-order valence-corrected chi connectivity index (χ0v) is 14.9. The summed E-state index contributed by atoms with van der Waals surface area (Å²) in [7, 11) is 0. The van der Waals surface area contributed by atoms with Crippen molar-refractivity contribution in [2.45, 2.75) is 33.2 Å². The van der Waals surface area contributed by atoms with E-state index >= 15 is 0 Å². The average Bonchev–Trinajstić information content (AvgIpc) is 2.57. The van der Waals surface area contributed by atoms with Crippen molar-refractivity contribution >= 4 is 17.8 Å². The van der Waals surface area contributed by atoms with Crippen molar-refractivity contribution in [1.82, 2.24) is 5.32 Å². The average molecular weight is 355 g/mol. The van der Waals surface area contributed by atoms with Crippen LogP contribution in [0.25, 0.3) is 0 Å². The fourth-order valence-electron chi connectivity index (χ4n) is 2.47. The summed E-state index contributed by atoms with van der Waals surface area (Å²) in [5, 5.41) is 12.0. The molecule has 0 aliphatic heterocycles. The smallest absolute Gasteiger partial charge is 0.326 e. The second-order valence-corrected chi connectivity index (χ2v) is 6.11. The number of esters is 1. The first-order chi connectivity index (χ1) is 12.3. The van der Waals surface area contributed by atoms with Crippen LogP contribution < -0.4 is 10.1 Å². The van der Waals surface area contributed by atoms with Crippen molar-refractivity contribution < 1.29 is 24.2 Å². The van der Waals surface area contributed by atoms with Crippen molar-refractivity contribution in [3.63, 3.8) is 0 Å². The zero-order valence-electron chi connectivity index (χ0n) is 14.9. The molecule has 0 radical (unpaired) electrons. The third-order valence-corrected chi connectivity index (χ3v) is 3.97. The van der Waals surface area contributed by atoms with E-state index in [-0.39, 0.29) is 17.7 Å². The first kappa shape index (κ1) is 19.2. The lowest BCUT2D eigenvalue weighted by atomic mass is 10.0. The van der Waals surface area contributed by atoms with E-state index in [1.807, 2.05) is 32.0 Å². The fourth-order valence-corrected chi connectivity index (χ4v) is 2.47. The molecule has 0 aromatic heterocycles. The maximum absolute atomic E-state index is 12.4. The molecule has 2 aromatic rings. The number of aryl methyl sites for hydroxylation is 2. The second-order valence-electron chi connectivity index (χ2n) is 6.11. The van der Waals surface area contributed by atoms with E-state index < -0.39 is 23.9 Å². The summed E-state index contributed by atoms with van der Waals surface area (Å²) in [6.45, 7) is 5.19. The Hall–Kier alpha value is -3.15. The molecule has 1 amide bonds. The van der Waals surface area contributed by atoms with Crippen LogP contribution in [0.15, 0.2) is 42.5 Å². The van der Waals surface area contributed by atoms with Crippen LogP contribution in [0.5, 0.6) is 5.75 Å².